The molecule has 4 N–H and O–H groups in total. The molecule has 1 aromatic heterocycles. The summed E-state index contributed by atoms with van der Waals surface area (Å²) >= 11 is 1.10. The van der Waals surface area contributed by atoms with E-state index < -0.39 is 162 Å². The lowest BCUT2D eigenvalue weighted by molar-refractivity contribution is -0.346. The molecule has 0 unspecified atom stereocenters. The summed E-state index contributed by atoms with van der Waals surface area (Å²) in [5.74, 6) is -11.8. The average molecular weight is 1170 g/mol. The van der Waals surface area contributed by atoms with Crippen LogP contribution in [0.5, 0.6) is 0 Å². The first-order chi connectivity index (χ1) is 39.0. The van der Waals surface area contributed by atoms with E-state index in [0.717, 1.165) is 25.2 Å². The summed E-state index contributed by atoms with van der Waals surface area (Å²) in [6.45, 7) is 16.4. The van der Waals surface area contributed by atoms with Crippen LogP contribution in [0.1, 0.15) is 145 Å². The topological polar surface area (TPSA) is 300 Å². The number of carboxylic acid groups (broad SMARTS) is 1. The van der Waals surface area contributed by atoms with Gasteiger partial charge < -0.3 is 54.0 Å². The van der Waals surface area contributed by atoms with Gasteiger partial charge in [0.05, 0.1) is 28.4 Å². The zero-order valence-corrected chi connectivity index (χ0v) is 49.3. The fraction of sp³-hybridized carbons (Fsp3) is 0.541. The molecule has 3 aromatic rings. The number of carboxylic acids is 1. The molecule has 448 valence electrons. The second-order valence-corrected chi connectivity index (χ2v) is 24.5. The summed E-state index contributed by atoms with van der Waals surface area (Å²) in [5.41, 5.74) is -7.76. The molecule has 83 heavy (non-hydrogen) atoms. The molecule has 1 saturated heterocycles. The number of nitrogens with one attached hydrogen (secondary N) is 2. The molecule has 1 aliphatic heterocycles. The first-order valence-corrected chi connectivity index (χ1v) is 28.6. The Morgan fingerprint density at radius 1 is 0.795 bits per heavy atom. The number of ether oxygens (including phenoxy) is 7. The van der Waals surface area contributed by atoms with Gasteiger partial charge in [-0.25, -0.2) is 9.59 Å². The van der Waals surface area contributed by atoms with Gasteiger partial charge in [-0.1, -0.05) is 90.1 Å². The van der Waals surface area contributed by atoms with Gasteiger partial charge in [-0.3, -0.25) is 38.4 Å². The normalized spacial score (nSPS) is 27.1. The van der Waals surface area contributed by atoms with Crippen molar-refractivity contribution in [1.82, 2.24) is 10.6 Å². The molecular weight excluding hydrogens is 1100 g/mol. The van der Waals surface area contributed by atoms with E-state index in [0.29, 0.717) is 5.56 Å². The van der Waals surface area contributed by atoms with E-state index in [2.05, 4.69) is 10.6 Å². The molecule has 2 bridgehead atoms. The number of hydrogen-bond acceptors (Lipinski definition) is 19. The van der Waals surface area contributed by atoms with Gasteiger partial charge in [-0.15, -0.1) is 11.3 Å². The van der Waals surface area contributed by atoms with Crippen molar-refractivity contribution in [1.29, 1.82) is 0 Å². The lowest BCUT2D eigenvalue weighted by Crippen LogP contribution is -2.82. The van der Waals surface area contributed by atoms with Crippen molar-refractivity contribution in [3.05, 3.63) is 105 Å². The summed E-state index contributed by atoms with van der Waals surface area (Å²) < 4.78 is 43.8. The number of carbonyl (C=O) groups excluding carboxylic acids is 9. The standard InChI is InChI=1S/C61H74N2O19S/c1-31(2)26-44(68)79-41-28-42-60(30-76-42,82-36(8)65)51-53(81-56(73)38-20-16-13-17-21-38)61(75)29-40(34(6)46(58(61,9)10)48(77-35(7)64)52(70)59(41,51)11)78-57(74)49(80-45(69)27-32(3)4)47(37-18-14-12-15-19-37)63-54(71)39(22-23-43(66)67)62-55(72)50-33(5)24-25-83-50/h12-21,24-25,31-32,39-42,47-49,51,53,75H,22-23,26-30H2,1-11H3,(H,62,72)(H,63,71)(H,66,67)/t39-,40+,41+,42-,47+,48-,49-,51+,53+,59-,60+,61-/m1/s1. The Morgan fingerprint density at radius 2 is 1.42 bits per heavy atom. The van der Waals surface area contributed by atoms with Crippen molar-refractivity contribution in [2.24, 2.45) is 28.6 Å². The smallest absolute Gasteiger partial charge is 0.350 e. The van der Waals surface area contributed by atoms with E-state index in [1.165, 1.54) is 52.0 Å². The molecule has 3 aliphatic carbocycles. The molecule has 22 heteroatoms. The Morgan fingerprint density at radius 3 is 1.98 bits per heavy atom. The summed E-state index contributed by atoms with van der Waals surface area (Å²) in [6.07, 6.45) is -12.6. The van der Waals surface area contributed by atoms with Gasteiger partial charge in [-0.2, -0.15) is 0 Å². The number of esters is 6. The first kappa shape index (κ1) is 63.3. The fourth-order valence-electron chi connectivity index (χ4n) is 12.3. The maximum atomic E-state index is 16.4. The monoisotopic (exact) mass is 1170 g/mol. The number of fused-ring (bicyclic) bond motifs is 5. The second-order valence-electron chi connectivity index (χ2n) is 23.5. The Bertz CT molecular complexity index is 3030. The van der Waals surface area contributed by atoms with E-state index in [1.54, 1.807) is 82.5 Å². The highest BCUT2D eigenvalue weighted by atomic mass is 32.1. The van der Waals surface area contributed by atoms with Crippen molar-refractivity contribution in [3.63, 3.8) is 0 Å². The number of Topliss-reactive ketones (excluding diaryl/α,β-unsaturated/α-hetero) is 1. The quantitative estimate of drug-likeness (QED) is 0.0493. The summed E-state index contributed by atoms with van der Waals surface area (Å²) in [6, 6.07) is 14.1. The number of rotatable bonds is 21. The highest BCUT2D eigenvalue weighted by Gasteiger charge is 2.79. The number of amides is 2. The minimum Gasteiger partial charge on any atom is -0.481 e. The first-order valence-electron chi connectivity index (χ1n) is 27.7. The van der Waals surface area contributed by atoms with Crippen LogP contribution in [0, 0.1) is 35.5 Å². The lowest BCUT2D eigenvalue weighted by atomic mass is 9.44. The lowest BCUT2D eigenvalue weighted by Gasteiger charge is -2.67. The predicted octanol–water partition coefficient (Wildman–Crippen LogP) is 6.65. The van der Waals surface area contributed by atoms with Crippen LogP contribution < -0.4 is 10.6 Å². The van der Waals surface area contributed by atoms with Crippen LogP contribution in [0.25, 0.3) is 0 Å². The van der Waals surface area contributed by atoms with Gasteiger partial charge in [0.15, 0.2) is 17.5 Å². The number of hydrogen-bond donors (Lipinski definition) is 4. The largest absolute Gasteiger partial charge is 0.481 e. The van der Waals surface area contributed by atoms with Crippen LogP contribution >= 0.6 is 11.3 Å². The van der Waals surface area contributed by atoms with Crippen molar-refractivity contribution in [2.45, 2.75) is 175 Å². The molecule has 0 spiro atoms. The number of aliphatic hydroxyl groups is 1. The van der Waals surface area contributed by atoms with Gasteiger partial charge in [0.25, 0.3) is 5.91 Å². The van der Waals surface area contributed by atoms with Crippen molar-refractivity contribution < 1.29 is 91.3 Å². The van der Waals surface area contributed by atoms with E-state index >= 15 is 9.59 Å². The Hall–Kier alpha value is -7.30. The van der Waals surface area contributed by atoms with Crippen molar-refractivity contribution in [2.75, 3.05) is 6.61 Å². The molecule has 3 fully saturated rings. The molecule has 2 heterocycles. The zero-order chi connectivity index (χ0) is 61.1. The average Bonchev–Trinajstić information content (AvgIpc) is 2.40. The third kappa shape index (κ3) is 12.9. The van der Waals surface area contributed by atoms with Gasteiger partial charge >= 0.3 is 41.8 Å². The van der Waals surface area contributed by atoms with E-state index in [9.17, 15) is 48.6 Å². The highest BCUT2D eigenvalue weighted by molar-refractivity contribution is 7.12. The fourth-order valence-corrected chi connectivity index (χ4v) is 13.1. The number of benzene rings is 2. The molecule has 2 amide bonds. The molecule has 2 saturated carbocycles. The third-order valence-corrected chi connectivity index (χ3v) is 17.4. The van der Waals surface area contributed by atoms with Crippen molar-refractivity contribution in [3.8, 4) is 0 Å². The van der Waals surface area contributed by atoms with Crippen LogP contribution in [0.15, 0.2) is 83.3 Å². The Labute approximate surface area is 485 Å². The number of aliphatic carboxylic acids is 1. The minimum atomic E-state index is -2.58. The van der Waals surface area contributed by atoms with Gasteiger partial charge in [0, 0.05) is 51.4 Å². The van der Waals surface area contributed by atoms with Crippen LogP contribution in [0.3, 0.4) is 0 Å². The Balaban J connectivity index is 1.43. The zero-order valence-electron chi connectivity index (χ0n) is 48.5. The highest BCUT2D eigenvalue weighted by Crippen LogP contribution is 2.65. The molecule has 12 atom stereocenters. The molecule has 0 radical (unpaired) electrons. The molecule has 7 rings (SSSR count). The predicted molar refractivity (Wildman–Crippen MR) is 296 cm³/mol. The summed E-state index contributed by atoms with van der Waals surface area (Å²) in [7, 11) is 0. The summed E-state index contributed by atoms with van der Waals surface area (Å²) in [5, 5.41) is 31.0. The van der Waals surface area contributed by atoms with Crippen LogP contribution in [0.2, 0.25) is 0 Å². The number of ketones is 1. The van der Waals surface area contributed by atoms with Crippen LogP contribution in [-0.4, -0.2) is 130 Å². The van der Waals surface area contributed by atoms with E-state index in [1.807, 2.05) is 0 Å². The van der Waals surface area contributed by atoms with E-state index in [-0.39, 0.29) is 58.2 Å². The third-order valence-electron chi connectivity index (χ3n) is 16.4. The molecular formula is C61H74N2O19S. The van der Waals surface area contributed by atoms with Gasteiger partial charge in [-0.05, 0) is 84.9 Å². The minimum absolute atomic E-state index is 0.00218. The van der Waals surface area contributed by atoms with Crippen LogP contribution in [0.4, 0.5) is 0 Å². The number of thiophene rings is 1. The number of aryl methyl sites for hydroxylation is 1. The van der Waals surface area contributed by atoms with Gasteiger partial charge in [0.1, 0.15) is 42.1 Å². The van der Waals surface area contributed by atoms with E-state index in [4.69, 9.17) is 33.2 Å². The van der Waals surface area contributed by atoms with Gasteiger partial charge in [0.2, 0.25) is 12.0 Å². The second kappa shape index (κ2) is 25.3. The Kier molecular flexibility index (Phi) is 19.3. The molecule has 2 aromatic carbocycles. The summed E-state index contributed by atoms with van der Waals surface area (Å²) in [4.78, 5) is 142. The van der Waals surface area contributed by atoms with Crippen LogP contribution in [-0.2, 0) is 71.5 Å². The maximum absolute atomic E-state index is 16.4. The molecule has 4 aliphatic rings. The SMILES string of the molecule is CC(=O)O[C@H]1C(=O)[C@]2(C)[C@@H](OC(=O)CC(C)C)C[C@H]3OC[C@@]3(OC(C)=O)[C@H]2[C@H](OC(=O)c2ccccc2)[C@]2(O)C[C@H](OC(=O)[C@H](OC(=O)CC(C)C)[C@@H](NC(=O)[C@@H](CCC(=O)O)NC(=O)c3sccc3C)c3ccccc3)C(C)=C1C2(C)C. The number of carbonyl (C=O) groups is 10. The molecule has 21 nitrogen and oxygen atoms in total. The maximum Gasteiger partial charge on any atom is 0.350 e. The van der Waals surface area contributed by atoms with Crippen molar-refractivity contribution >= 4 is 70.7 Å².